The highest BCUT2D eigenvalue weighted by Gasteiger charge is 2.43. The standard InChI is InChI=1S/C18H26F3NO3S/c1-6-25-16(23)14(20)11-15(21)18(5,22-26(24)17(2,3)4)12-9-7-8-10-13(12)19/h7-10,14-15,22H,6,11H2,1-5H3/t14?,15-,18+,26?/m0/s1. The number of halogens is 3. The lowest BCUT2D eigenvalue weighted by molar-refractivity contribution is -0.150. The highest BCUT2D eigenvalue weighted by molar-refractivity contribution is 7.84. The molecule has 4 nitrogen and oxygen atoms in total. The van der Waals surface area contributed by atoms with Crippen LogP contribution in [0.1, 0.15) is 46.6 Å². The quantitative estimate of drug-likeness (QED) is 0.685. The van der Waals surface area contributed by atoms with Gasteiger partial charge in [0.15, 0.2) is 6.17 Å². The van der Waals surface area contributed by atoms with Gasteiger partial charge in [0.1, 0.15) is 12.0 Å². The van der Waals surface area contributed by atoms with E-state index in [1.807, 2.05) is 0 Å². The predicted octanol–water partition coefficient (Wildman–Crippen LogP) is 3.72. The van der Waals surface area contributed by atoms with Gasteiger partial charge in [0, 0.05) is 12.0 Å². The zero-order valence-electron chi connectivity index (χ0n) is 15.6. The van der Waals surface area contributed by atoms with Gasteiger partial charge in [-0.25, -0.2) is 26.9 Å². The molecule has 148 valence electrons. The molecular formula is C18H26F3NO3S. The highest BCUT2D eigenvalue weighted by atomic mass is 32.2. The number of carbonyl (C=O) groups is 1. The van der Waals surface area contributed by atoms with Gasteiger partial charge in [0.2, 0.25) is 0 Å². The lowest BCUT2D eigenvalue weighted by atomic mass is 9.85. The van der Waals surface area contributed by atoms with Gasteiger partial charge in [-0.1, -0.05) is 18.2 Å². The van der Waals surface area contributed by atoms with Crippen LogP contribution in [0.4, 0.5) is 13.2 Å². The molecule has 0 spiro atoms. The lowest BCUT2D eigenvalue weighted by Crippen LogP contribution is -2.53. The molecule has 0 aliphatic rings. The first-order valence-electron chi connectivity index (χ1n) is 8.33. The smallest absolute Gasteiger partial charge is 0.340 e. The Morgan fingerprint density at radius 3 is 2.31 bits per heavy atom. The molecule has 0 amide bonds. The molecule has 1 N–H and O–H groups in total. The van der Waals surface area contributed by atoms with Crippen molar-refractivity contribution in [1.82, 2.24) is 4.72 Å². The SMILES string of the molecule is CCOC(=O)C(F)C[C@H](F)[C@](C)(NS(=O)C(C)(C)C)c1ccccc1F. The second-order valence-electron chi connectivity index (χ2n) is 7.09. The first-order chi connectivity index (χ1) is 11.9. The average Bonchev–Trinajstić information content (AvgIpc) is 2.54. The van der Waals surface area contributed by atoms with Crippen molar-refractivity contribution in [3.63, 3.8) is 0 Å². The molecule has 0 radical (unpaired) electrons. The fraction of sp³-hybridized carbons (Fsp3) is 0.611. The Morgan fingerprint density at radius 1 is 1.23 bits per heavy atom. The number of rotatable bonds is 8. The molecule has 1 rings (SSSR count). The molecule has 2 unspecified atom stereocenters. The molecule has 8 heteroatoms. The summed E-state index contributed by atoms with van der Waals surface area (Å²) >= 11 is 0. The monoisotopic (exact) mass is 393 g/mol. The van der Waals surface area contributed by atoms with Crippen LogP contribution < -0.4 is 4.72 Å². The Hall–Kier alpha value is -1.41. The van der Waals surface area contributed by atoms with Gasteiger partial charge < -0.3 is 4.74 Å². The van der Waals surface area contributed by atoms with Crippen molar-refractivity contribution in [2.24, 2.45) is 0 Å². The third-order valence-electron chi connectivity index (χ3n) is 3.88. The fourth-order valence-electron chi connectivity index (χ4n) is 2.26. The summed E-state index contributed by atoms with van der Waals surface area (Å²) < 4.78 is 62.4. The van der Waals surface area contributed by atoms with Gasteiger partial charge in [0.25, 0.3) is 0 Å². The zero-order valence-corrected chi connectivity index (χ0v) is 16.5. The first-order valence-corrected chi connectivity index (χ1v) is 9.48. The number of esters is 1. The summed E-state index contributed by atoms with van der Waals surface area (Å²) in [6.07, 6.45) is -5.09. The average molecular weight is 393 g/mol. The lowest BCUT2D eigenvalue weighted by Gasteiger charge is -2.36. The van der Waals surface area contributed by atoms with E-state index in [4.69, 9.17) is 0 Å². The molecule has 0 bridgehead atoms. The van der Waals surface area contributed by atoms with Gasteiger partial charge in [-0.2, -0.15) is 0 Å². The topological polar surface area (TPSA) is 55.4 Å². The van der Waals surface area contributed by atoms with E-state index in [1.165, 1.54) is 32.0 Å². The predicted molar refractivity (Wildman–Crippen MR) is 95.8 cm³/mol. The molecule has 0 aromatic heterocycles. The van der Waals surface area contributed by atoms with Crippen LogP contribution >= 0.6 is 0 Å². The van der Waals surface area contributed by atoms with E-state index < -0.39 is 51.8 Å². The summed E-state index contributed by atoms with van der Waals surface area (Å²) in [5.41, 5.74) is -1.90. The number of ether oxygens (including phenoxy) is 1. The second-order valence-corrected chi connectivity index (χ2v) is 9.05. The highest BCUT2D eigenvalue weighted by Crippen LogP contribution is 2.33. The molecule has 26 heavy (non-hydrogen) atoms. The first kappa shape index (κ1) is 22.6. The van der Waals surface area contributed by atoms with Crippen LogP contribution in [-0.4, -0.2) is 33.9 Å². The van der Waals surface area contributed by atoms with Crippen LogP contribution in [-0.2, 0) is 26.1 Å². The second kappa shape index (κ2) is 8.99. The molecule has 0 heterocycles. The number of hydrogen-bond acceptors (Lipinski definition) is 3. The summed E-state index contributed by atoms with van der Waals surface area (Å²) in [6.45, 7) is 7.78. The Bertz CT molecular complexity index is 651. The minimum atomic E-state index is -2.21. The maximum absolute atomic E-state index is 15.1. The number of benzene rings is 1. The third kappa shape index (κ3) is 5.54. The van der Waals surface area contributed by atoms with Gasteiger partial charge in [-0.05, 0) is 40.7 Å². The summed E-state index contributed by atoms with van der Waals surface area (Å²) in [5, 5.41) is 0. The normalized spacial score (nSPS) is 17.8. The molecule has 0 aliphatic heterocycles. The molecule has 0 aliphatic carbocycles. The molecule has 4 atom stereocenters. The molecule has 0 saturated carbocycles. The minimum Gasteiger partial charge on any atom is -0.464 e. The van der Waals surface area contributed by atoms with Crippen LogP contribution in [0.15, 0.2) is 24.3 Å². The molecule has 1 aromatic carbocycles. The molecule has 0 saturated heterocycles. The number of alkyl halides is 2. The van der Waals surface area contributed by atoms with E-state index in [-0.39, 0.29) is 12.2 Å². The fourth-order valence-corrected chi connectivity index (χ4v) is 3.19. The number of nitrogens with one attached hydrogen (secondary N) is 1. The van der Waals surface area contributed by atoms with Gasteiger partial charge >= 0.3 is 5.97 Å². The van der Waals surface area contributed by atoms with Crippen molar-refractivity contribution in [2.75, 3.05) is 6.61 Å². The zero-order chi connectivity index (χ0) is 20.1. The Balaban J connectivity index is 3.21. The van der Waals surface area contributed by atoms with E-state index in [9.17, 15) is 17.8 Å². The van der Waals surface area contributed by atoms with Crippen molar-refractivity contribution >= 4 is 17.0 Å². The maximum Gasteiger partial charge on any atom is 0.340 e. The summed E-state index contributed by atoms with van der Waals surface area (Å²) in [5.74, 6) is -1.90. The van der Waals surface area contributed by atoms with Crippen LogP contribution in [0.25, 0.3) is 0 Å². The summed E-state index contributed by atoms with van der Waals surface area (Å²) in [4.78, 5) is 11.5. The number of carbonyl (C=O) groups excluding carboxylic acids is 1. The summed E-state index contributed by atoms with van der Waals surface area (Å²) in [7, 11) is -1.76. The van der Waals surface area contributed by atoms with Crippen molar-refractivity contribution < 1.29 is 26.9 Å². The van der Waals surface area contributed by atoms with Crippen molar-refractivity contribution in [3.05, 3.63) is 35.6 Å². The molecule has 1 aromatic rings. The van der Waals surface area contributed by atoms with E-state index in [0.717, 1.165) is 6.07 Å². The van der Waals surface area contributed by atoms with Gasteiger partial charge in [0.05, 0.1) is 27.9 Å². The van der Waals surface area contributed by atoms with Crippen LogP contribution in [0, 0.1) is 5.82 Å². The number of hydrogen-bond donors (Lipinski definition) is 1. The van der Waals surface area contributed by atoms with Gasteiger partial charge in [-0.3, -0.25) is 0 Å². The van der Waals surface area contributed by atoms with Crippen molar-refractivity contribution in [3.8, 4) is 0 Å². The van der Waals surface area contributed by atoms with Crippen LogP contribution in [0.5, 0.6) is 0 Å². The van der Waals surface area contributed by atoms with E-state index in [2.05, 4.69) is 9.46 Å². The molecule has 0 fully saturated rings. The van der Waals surface area contributed by atoms with Crippen molar-refractivity contribution in [1.29, 1.82) is 0 Å². The van der Waals surface area contributed by atoms with E-state index in [0.29, 0.717) is 0 Å². The largest absolute Gasteiger partial charge is 0.464 e. The minimum absolute atomic E-state index is 0.0346. The van der Waals surface area contributed by atoms with E-state index in [1.54, 1.807) is 20.8 Å². The summed E-state index contributed by atoms with van der Waals surface area (Å²) in [6, 6.07) is 5.42. The maximum atomic E-state index is 15.1. The van der Waals surface area contributed by atoms with Crippen LogP contribution in [0.3, 0.4) is 0 Å². The Kier molecular flexibility index (Phi) is 7.83. The van der Waals surface area contributed by atoms with E-state index >= 15 is 4.39 Å². The third-order valence-corrected chi connectivity index (χ3v) is 5.60. The van der Waals surface area contributed by atoms with Gasteiger partial charge in [-0.15, -0.1) is 0 Å². The van der Waals surface area contributed by atoms with Crippen molar-refractivity contribution in [2.45, 2.75) is 63.7 Å². The molecular weight excluding hydrogens is 367 g/mol. The Labute approximate surface area is 155 Å². The Morgan fingerprint density at radius 2 is 1.81 bits per heavy atom. The van der Waals surface area contributed by atoms with Crippen LogP contribution in [0.2, 0.25) is 0 Å².